The van der Waals surface area contributed by atoms with Crippen LogP contribution in [-0.4, -0.2) is 15.6 Å². The predicted molar refractivity (Wildman–Crippen MR) is 96.6 cm³/mol. The van der Waals surface area contributed by atoms with Crippen molar-refractivity contribution in [3.8, 4) is 0 Å². The normalized spacial score (nSPS) is 13.3. The lowest BCUT2D eigenvalue weighted by Gasteiger charge is -2.03. The number of hydrogen-bond acceptors (Lipinski definition) is 1. The molecule has 0 atom stereocenters. The van der Waals surface area contributed by atoms with Crippen molar-refractivity contribution >= 4 is 22.4 Å². The number of hydrogen-bond donors (Lipinski definition) is 1. The van der Waals surface area contributed by atoms with Crippen LogP contribution in [0.2, 0.25) is 0 Å². The Morgan fingerprint density at radius 3 is 2.57 bits per heavy atom. The van der Waals surface area contributed by atoms with Crippen LogP contribution in [-0.2, 0) is 11.8 Å². The molecule has 1 aromatic carbocycles. The van der Waals surface area contributed by atoms with Crippen molar-refractivity contribution in [1.82, 2.24) is 4.57 Å². The molecule has 0 fully saturated rings. The fourth-order valence-electron chi connectivity index (χ4n) is 2.68. The second-order valence-electron chi connectivity index (χ2n) is 5.94. The molecular formula is C20H23NO2. The van der Waals surface area contributed by atoms with Gasteiger partial charge in [0.25, 0.3) is 0 Å². The molecule has 3 heteroatoms. The van der Waals surface area contributed by atoms with Gasteiger partial charge in [-0.25, -0.2) is 4.79 Å². The van der Waals surface area contributed by atoms with E-state index in [2.05, 4.69) is 50.6 Å². The summed E-state index contributed by atoms with van der Waals surface area (Å²) in [5.41, 5.74) is 6.88. The molecule has 120 valence electrons. The molecule has 1 N–H and O–H groups in total. The molecule has 2 rings (SSSR count). The Kier molecular flexibility index (Phi) is 4.89. The van der Waals surface area contributed by atoms with E-state index in [4.69, 9.17) is 5.11 Å². The summed E-state index contributed by atoms with van der Waals surface area (Å²) in [5, 5.41) is 9.97. The lowest BCUT2D eigenvalue weighted by Crippen LogP contribution is -1.90. The number of carboxylic acid groups (broad SMARTS) is 1. The number of rotatable bonds is 4. The number of fused-ring (bicyclic) bond motifs is 1. The Morgan fingerprint density at radius 2 is 1.91 bits per heavy atom. The van der Waals surface area contributed by atoms with Crippen LogP contribution in [0.4, 0.5) is 0 Å². The highest BCUT2D eigenvalue weighted by atomic mass is 16.4. The maximum atomic E-state index is 10.6. The van der Waals surface area contributed by atoms with Crippen LogP contribution in [0.3, 0.4) is 0 Å². The Balaban J connectivity index is 2.33. The van der Waals surface area contributed by atoms with Gasteiger partial charge in [-0.1, -0.05) is 24.3 Å². The van der Waals surface area contributed by atoms with Gasteiger partial charge in [-0.05, 0) is 62.1 Å². The van der Waals surface area contributed by atoms with Gasteiger partial charge < -0.3 is 9.67 Å². The van der Waals surface area contributed by atoms with Crippen LogP contribution < -0.4 is 0 Å². The van der Waals surface area contributed by atoms with Crippen molar-refractivity contribution in [3.63, 3.8) is 0 Å². The molecule has 0 spiro atoms. The third-order valence-electron chi connectivity index (χ3n) is 4.32. The molecular weight excluding hydrogens is 286 g/mol. The summed E-state index contributed by atoms with van der Waals surface area (Å²) < 4.78 is 2.22. The fraction of sp³-hybridized carbons (Fsp3) is 0.250. The first-order chi connectivity index (χ1) is 10.8. The largest absolute Gasteiger partial charge is 0.478 e. The highest BCUT2D eigenvalue weighted by molar-refractivity contribution is 5.88. The van der Waals surface area contributed by atoms with Gasteiger partial charge >= 0.3 is 5.97 Å². The molecule has 0 amide bonds. The first kappa shape index (κ1) is 16.8. The van der Waals surface area contributed by atoms with Crippen LogP contribution in [0, 0.1) is 13.8 Å². The number of carbonyl (C=O) groups is 1. The van der Waals surface area contributed by atoms with E-state index in [1.165, 1.54) is 33.8 Å². The van der Waals surface area contributed by atoms with Crippen molar-refractivity contribution in [2.75, 3.05) is 0 Å². The second-order valence-corrected chi connectivity index (χ2v) is 5.94. The Hall–Kier alpha value is -2.55. The molecule has 1 aromatic heterocycles. The van der Waals surface area contributed by atoms with Gasteiger partial charge in [0.15, 0.2) is 0 Å². The number of allylic oxidation sites excluding steroid dienone is 5. The maximum absolute atomic E-state index is 10.6. The lowest BCUT2D eigenvalue weighted by atomic mass is 10.0. The van der Waals surface area contributed by atoms with Crippen LogP contribution >= 0.6 is 0 Å². The second kappa shape index (κ2) is 6.69. The summed E-state index contributed by atoms with van der Waals surface area (Å²) in [6.45, 7) is 8.13. The summed E-state index contributed by atoms with van der Waals surface area (Å²) in [6, 6.07) is 6.50. The summed E-state index contributed by atoms with van der Waals surface area (Å²) >= 11 is 0. The summed E-state index contributed by atoms with van der Waals surface area (Å²) in [7, 11) is 2.09. The molecule has 2 aromatic rings. The summed E-state index contributed by atoms with van der Waals surface area (Å²) in [4.78, 5) is 10.6. The highest BCUT2D eigenvalue weighted by Crippen LogP contribution is 2.27. The van der Waals surface area contributed by atoms with Crippen LogP contribution in [0.25, 0.3) is 16.5 Å². The number of nitrogens with zero attached hydrogens (tertiary/aromatic N) is 1. The quantitative estimate of drug-likeness (QED) is 0.652. The maximum Gasteiger partial charge on any atom is 0.328 e. The van der Waals surface area contributed by atoms with Crippen molar-refractivity contribution in [3.05, 3.63) is 64.9 Å². The minimum Gasteiger partial charge on any atom is -0.478 e. The van der Waals surface area contributed by atoms with Crippen molar-refractivity contribution in [2.45, 2.75) is 27.7 Å². The van der Waals surface area contributed by atoms with Crippen molar-refractivity contribution < 1.29 is 9.90 Å². The zero-order chi connectivity index (χ0) is 17.1. The zero-order valence-corrected chi connectivity index (χ0v) is 14.3. The third kappa shape index (κ3) is 3.62. The van der Waals surface area contributed by atoms with E-state index in [1.807, 2.05) is 12.2 Å². The molecule has 0 bridgehead atoms. The number of aromatic nitrogens is 1. The minimum absolute atomic E-state index is 0.714. The average molecular weight is 309 g/mol. The topological polar surface area (TPSA) is 42.2 Å². The molecule has 3 nitrogen and oxygen atoms in total. The number of aliphatic carboxylic acids is 1. The standard InChI is InChI=1S/C20H23NO2/c1-13(11-20(22)23)7-6-8-14(2)17-9-10-19-18(12-17)15(3)16(4)21(19)5/h6-12H,1-5H3,(H,22,23)/b7-6+,13-11+,14-8+. The number of aryl methyl sites for hydroxylation is 2. The van der Waals surface area contributed by atoms with Gasteiger partial charge in [0, 0.05) is 29.7 Å². The predicted octanol–water partition coefficient (Wildman–Crippen LogP) is 4.79. The third-order valence-corrected chi connectivity index (χ3v) is 4.32. The smallest absolute Gasteiger partial charge is 0.328 e. The van der Waals surface area contributed by atoms with Gasteiger partial charge in [-0.3, -0.25) is 0 Å². The number of carboxylic acids is 1. The molecule has 0 aliphatic rings. The Labute approximate surface area is 137 Å². The first-order valence-electron chi connectivity index (χ1n) is 7.63. The monoisotopic (exact) mass is 309 g/mol. The Morgan fingerprint density at radius 1 is 1.22 bits per heavy atom. The lowest BCUT2D eigenvalue weighted by molar-refractivity contribution is -0.131. The van der Waals surface area contributed by atoms with Crippen LogP contribution in [0.15, 0.2) is 48.1 Å². The SMILES string of the molecule is CC(/C=C/C=C(\C)c1ccc2c(c1)c(C)c(C)n2C)=C\C(=O)O. The van der Waals surface area contributed by atoms with Gasteiger partial charge in [0.2, 0.25) is 0 Å². The molecule has 0 aliphatic carbocycles. The average Bonchev–Trinajstić information content (AvgIpc) is 2.71. The highest BCUT2D eigenvalue weighted by Gasteiger charge is 2.08. The van der Waals surface area contributed by atoms with Gasteiger partial charge in [-0.15, -0.1) is 0 Å². The van der Waals surface area contributed by atoms with Crippen LogP contribution in [0.1, 0.15) is 30.7 Å². The molecule has 0 aliphatic heterocycles. The van der Waals surface area contributed by atoms with E-state index in [9.17, 15) is 4.79 Å². The first-order valence-corrected chi connectivity index (χ1v) is 7.63. The molecule has 0 radical (unpaired) electrons. The molecule has 23 heavy (non-hydrogen) atoms. The van der Waals surface area contributed by atoms with E-state index in [0.717, 1.165) is 5.57 Å². The molecule has 1 heterocycles. The van der Waals surface area contributed by atoms with Gasteiger partial charge in [0.05, 0.1) is 0 Å². The summed E-state index contributed by atoms with van der Waals surface area (Å²) in [5.74, 6) is -0.923. The van der Waals surface area contributed by atoms with Crippen molar-refractivity contribution in [1.29, 1.82) is 0 Å². The minimum atomic E-state index is -0.923. The summed E-state index contributed by atoms with van der Waals surface area (Å²) in [6.07, 6.45) is 6.89. The van der Waals surface area contributed by atoms with E-state index >= 15 is 0 Å². The van der Waals surface area contributed by atoms with Gasteiger partial charge in [-0.2, -0.15) is 0 Å². The fourth-order valence-corrected chi connectivity index (χ4v) is 2.68. The molecule has 0 saturated heterocycles. The van der Waals surface area contributed by atoms with Gasteiger partial charge in [0.1, 0.15) is 0 Å². The Bertz CT molecular complexity index is 848. The number of benzene rings is 1. The van der Waals surface area contributed by atoms with E-state index in [0.29, 0.717) is 5.57 Å². The zero-order valence-electron chi connectivity index (χ0n) is 14.3. The van der Waals surface area contributed by atoms with Crippen LogP contribution in [0.5, 0.6) is 0 Å². The van der Waals surface area contributed by atoms with E-state index in [-0.39, 0.29) is 0 Å². The molecule has 0 unspecified atom stereocenters. The molecule has 0 saturated carbocycles. The van der Waals surface area contributed by atoms with E-state index < -0.39 is 5.97 Å². The van der Waals surface area contributed by atoms with E-state index in [1.54, 1.807) is 13.0 Å². The van der Waals surface area contributed by atoms with Crippen molar-refractivity contribution in [2.24, 2.45) is 7.05 Å².